The Bertz CT molecular complexity index is 1200. The summed E-state index contributed by atoms with van der Waals surface area (Å²) in [5.74, 6) is 0.413. The topological polar surface area (TPSA) is 132 Å². The molecular formula is C23H23N3O4. The number of rotatable bonds is 5. The minimum absolute atomic E-state index is 0.0436. The standard InChI is InChI=1S/C23H23N3O4/c1-23(2)18-7-14(30-11-13(28)10-27)4-6-15(18)21(29)19-16-5-3-12(8-24)17(9-25)20(16)26-22(19)23/h3-7,13,26-28H,9-11,25H2,1-2H3/t13-/m1/s1. The van der Waals surface area contributed by atoms with Gasteiger partial charge in [-0.15, -0.1) is 0 Å². The summed E-state index contributed by atoms with van der Waals surface area (Å²) in [4.78, 5) is 16.8. The number of aliphatic hydroxyl groups excluding tert-OH is 2. The van der Waals surface area contributed by atoms with Crippen molar-refractivity contribution in [2.75, 3.05) is 13.2 Å². The van der Waals surface area contributed by atoms with Gasteiger partial charge in [0, 0.05) is 34.2 Å². The van der Waals surface area contributed by atoms with Crippen LogP contribution in [0.25, 0.3) is 10.9 Å². The van der Waals surface area contributed by atoms with Crippen LogP contribution in [0.3, 0.4) is 0 Å². The number of hydrogen-bond donors (Lipinski definition) is 4. The Kier molecular flexibility index (Phi) is 4.86. The lowest BCUT2D eigenvalue weighted by Gasteiger charge is -2.32. The van der Waals surface area contributed by atoms with Gasteiger partial charge in [0.15, 0.2) is 5.78 Å². The average molecular weight is 405 g/mol. The van der Waals surface area contributed by atoms with Gasteiger partial charge in [0.1, 0.15) is 18.5 Å². The Morgan fingerprint density at radius 2 is 2.07 bits per heavy atom. The van der Waals surface area contributed by atoms with Crippen LogP contribution in [-0.4, -0.2) is 40.3 Å². The molecule has 0 saturated heterocycles. The van der Waals surface area contributed by atoms with E-state index in [9.17, 15) is 15.2 Å². The summed E-state index contributed by atoms with van der Waals surface area (Å²) in [5, 5.41) is 28.7. The highest BCUT2D eigenvalue weighted by molar-refractivity contribution is 6.20. The van der Waals surface area contributed by atoms with E-state index in [0.29, 0.717) is 28.0 Å². The predicted molar refractivity (Wildman–Crippen MR) is 111 cm³/mol. The number of hydrogen-bond acceptors (Lipinski definition) is 6. The number of aliphatic hydroxyl groups is 2. The number of nitrogens with one attached hydrogen (secondary N) is 1. The summed E-state index contributed by atoms with van der Waals surface area (Å²) in [6.07, 6.45) is -0.972. The van der Waals surface area contributed by atoms with Gasteiger partial charge in [-0.2, -0.15) is 5.26 Å². The van der Waals surface area contributed by atoms with Gasteiger partial charge in [0.05, 0.1) is 29.3 Å². The lowest BCUT2D eigenvalue weighted by molar-refractivity contribution is 0.0535. The summed E-state index contributed by atoms with van der Waals surface area (Å²) >= 11 is 0. The van der Waals surface area contributed by atoms with E-state index in [4.69, 9.17) is 15.6 Å². The van der Waals surface area contributed by atoms with Gasteiger partial charge >= 0.3 is 0 Å². The number of nitriles is 1. The molecule has 0 amide bonds. The number of nitrogens with zero attached hydrogens (tertiary/aromatic N) is 1. The molecule has 30 heavy (non-hydrogen) atoms. The molecule has 0 aliphatic heterocycles. The highest BCUT2D eigenvalue weighted by atomic mass is 16.5. The number of benzene rings is 2. The maximum absolute atomic E-state index is 13.4. The molecule has 0 bridgehead atoms. The first-order valence-electron chi connectivity index (χ1n) is 9.72. The van der Waals surface area contributed by atoms with Crippen molar-refractivity contribution in [3.63, 3.8) is 0 Å². The third kappa shape index (κ3) is 2.89. The molecular weight excluding hydrogens is 382 g/mol. The predicted octanol–water partition coefficient (Wildman–Crippen LogP) is 2.10. The molecule has 1 heterocycles. The Balaban J connectivity index is 1.88. The Hall–Kier alpha value is -3.18. The van der Waals surface area contributed by atoms with E-state index in [2.05, 4.69) is 11.1 Å². The van der Waals surface area contributed by atoms with Crippen molar-refractivity contribution in [3.8, 4) is 11.8 Å². The van der Waals surface area contributed by atoms with E-state index in [1.807, 2.05) is 13.8 Å². The molecule has 7 heteroatoms. The minimum Gasteiger partial charge on any atom is -0.491 e. The van der Waals surface area contributed by atoms with Crippen molar-refractivity contribution in [2.24, 2.45) is 5.73 Å². The van der Waals surface area contributed by atoms with E-state index in [1.54, 1.807) is 30.3 Å². The Morgan fingerprint density at radius 1 is 1.30 bits per heavy atom. The van der Waals surface area contributed by atoms with E-state index >= 15 is 0 Å². The quantitative estimate of drug-likeness (QED) is 0.514. The number of H-pyrrole nitrogens is 1. The second kappa shape index (κ2) is 7.26. The number of aromatic nitrogens is 1. The Labute approximate surface area is 173 Å². The zero-order valence-electron chi connectivity index (χ0n) is 16.8. The lowest BCUT2D eigenvalue weighted by Crippen LogP contribution is -2.30. The molecule has 2 aromatic carbocycles. The number of nitrogens with two attached hydrogens (primary N) is 1. The SMILES string of the molecule is CC1(C)c2cc(OC[C@H](O)CO)ccc2C(=O)c2c1[nH]c1c(CN)c(C#N)ccc21. The Morgan fingerprint density at radius 3 is 2.73 bits per heavy atom. The second-order valence-corrected chi connectivity index (χ2v) is 8.01. The fourth-order valence-corrected chi connectivity index (χ4v) is 4.19. The van der Waals surface area contributed by atoms with Crippen LogP contribution in [0.5, 0.6) is 5.75 Å². The van der Waals surface area contributed by atoms with E-state index < -0.39 is 11.5 Å². The van der Waals surface area contributed by atoms with Crippen molar-refractivity contribution in [2.45, 2.75) is 31.9 Å². The number of ether oxygens (including phenoxy) is 1. The summed E-state index contributed by atoms with van der Waals surface area (Å²) in [6.45, 7) is 3.80. The van der Waals surface area contributed by atoms with Crippen LogP contribution >= 0.6 is 0 Å². The van der Waals surface area contributed by atoms with Gasteiger partial charge < -0.3 is 25.7 Å². The van der Waals surface area contributed by atoms with Gasteiger partial charge in [-0.1, -0.05) is 19.9 Å². The molecule has 0 fully saturated rings. The summed E-state index contributed by atoms with van der Waals surface area (Å²) in [5.41, 5.74) is 10.0. The zero-order valence-corrected chi connectivity index (χ0v) is 16.8. The van der Waals surface area contributed by atoms with E-state index in [1.165, 1.54) is 0 Å². The smallest absolute Gasteiger partial charge is 0.195 e. The maximum Gasteiger partial charge on any atom is 0.195 e. The van der Waals surface area contributed by atoms with Gasteiger partial charge in [-0.3, -0.25) is 4.79 Å². The van der Waals surface area contributed by atoms with E-state index in [0.717, 1.165) is 22.2 Å². The van der Waals surface area contributed by atoms with Crippen LogP contribution in [0.2, 0.25) is 0 Å². The van der Waals surface area contributed by atoms with E-state index in [-0.39, 0.29) is 25.5 Å². The minimum atomic E-state index is -0.972. The molecule has 1 atom stereocenters. The molecule has 154 valence electrons. The molecule has 0 radical (unpaired) electrons. The molecule has 4 rings (SSSR count). The largest absolute Gasteiger partial charge is 0.491 e. The van der Waals surface area contributed by atoms with Crippen LogP contribution in [0.1, 0.15) is 52.2 Å². The van der Waals surface area contributed by atoms with Crippen LogP contribution in [-0.2, 0) is 12.0 Å². The number of fused-ring (bicyclic) bond motifs is 4. The van der Waals surface area contributed by atoms with Crippen molar-refractivity contribution in [1.29, 1.82) is 5.26 Å². The molecule has 1 aliphatic carbocycles. The van der Waals surface area contributed by atoms with Crippen LogP contribution < -0.4 is 10.5 Å². The summed E-state index contributed by atoms with van der Waals surface area (Å²) in [7, 11) is 0. The zero-order chi connectivity index (χ0) is 21.6. The number of ketones is 1. The first kappa shape index (κ1) is 20.1. The second-order valence-electron chi connectivity index (χ2n) is 8.01. The fourth-order valence-electron chi connectivity index (χ4n) is 4.19. The first-order chi connectivity index (χ1) is 14.3. The summed E-state index contributed by atoms with van der Waals surface area (Å²) in [6, 6.07) is 10.9. The molecule has 0 spiro atoms. The van der Waals surface area contributed by atoms with Gasteiger partial charge in [0.2, 0.25) is 0 Å². The molecule has 3 aromatic rings. The first-order valence-corrected chi connectivity index (χ1v) is 9.72. The molecule has 0 saturated carbocycles. The average Bonchev–Trinajstić information content (AvgIpc) is 3.16. The van der Waals surface area contributed by atoms with Crippen molar-refractivity contribution in [1.82, 2.24) is 4.98 Å². The van der Waals surface area contributed by atoms with Crippen LogP contribution in [0.4, 0.5) is 0 Å². The van der Waals surface area contributed by atoms with Gasteiger partial charge in [0.25, 0.3) is 0 Å². The van der Waals surface area contributed by atoms with Crippen LogP contribution in [0.15, 0.2) is 30.3 Å². The van der Waals surface area contributed by atoms with Crippen molar-refractivity contribution in [3.05, 3.63) is 63.8 Å². The highest BCUT2D eigenvalue weighted by Crippen LogP contribution is 2.45. The van der Waals surface area contributed by atoms with Crippen LogP contribution in [0, 0.1) is 11.3 Å². The van der Waals surface area contributed by atoms with Crippen molar-refractivity contribution >= 4 is 16.7 Å². The molecule has 5 N–H and O–H groups in total. The van der Waals surface area contributed by atoms with Gasteiger partial charge in [-0.05, 0) is 29.8 Å². The maximum atomic E-state index is 13.4. The molecule has 0 unspecified atom stereocenters. The third-order valence-corrected chi connectivity index (χ3v) is 5.82. The fraction of sp³-hybridized carbons (Fsp3) is 0.304. The molecule has 1 aromatic heterocycles. The third-order valence-electron chi connectivity index (χ3n) is 5.82. The highest BCUT2D eigenvalue weighted by Gasteiger charge is 2.40. The lowest BCUT2D eigenvalue weighted by atomic mass is 9.71. The normalized spacial score (nSPS) is 15.4. The molecule has 7 nitrogen and oxygen atoms in total. The van der Waals surface area contributed by atoms with Gasteiger partial charge in [-0.25, -0.2) is 0 Å². The number of aromatic amines is 1. The van der Waals surface area contributed by atoms with Crippen molar-refractivity contribution < 1.29 is 19.7 Å². The summed E-state index contributed by atoms with van der Waals surface area (Å²) < 4.78 is 5.58. The number of carbonyl (C=O) groups is 1. The number of carbonyl (C=O) groups excluding carboxylic acids is 1. The monoisotopic (exact) mass is 405 g/mol. The molecule has 1 aliphatic rings.